The molecule has 23 heavy (non-hydrogen) atoms. The number of carbonyl (C=O) groups excluding carboxylic acids is 2. The summed E-state index contributed by atoms with van der Waals surface area (Å²) in [6.07, 6.45) is -1.04. The number of nitrogens with one attached hydrogen (secondary N) is 1. The fraction of sp³-hybridized carbons (Fsp3) is 0.267. The smallest absolute Gasteiger partial charge is 0.351 e. The fourth-order valence-corrected chi connectivity index (χ4v) is 2.83. The zero-order valence-electron chi connectivity index (χ0n) is 12.6. The number of rotatable bonds is 4. The molecule has 1 aromatic heterocycles. The van der Waals surface area contributed by atoms with E-state index in [9.17, 15) is 14.0 Å². The number of aryl methyl sites for hydroxylation is 2. The van der Waals surface area contributed by atoms with Gasteiger partial charge in [0.25, 0.3) is 5.91 Å². The summed E-state index contributed by atoms with van der Waals surface area (Å²) >= 11 is 7.04. The number of amides is 1. The van der Waals surface area contributed by atoms with Crippen LogP contribution in [0.2, 0.25) is 5.02 Å². The minimum absolute atomic E-state index is 0.0609. The van der Waals surface area contributed by atoms with Crippen LogP contribution < -0.4 is 5.32 Å². The number of thiazole rings is 1. The predicted molar refractivity (Wildman–Crippen MR) is 86.5 cm³/mol. The van der Waals surface area contributed by atoms with Gasteiger partial charge in [-0.05, 0) is 39.0 Å². The third-order valence-electron chi connectivity index (χ3n) is 2.93. The normalized spacial score (nSPS) is 11.9. The van der Waals surface area contributed by atoms with Gasteiger partial charge in [0.15, 0.2) is 6.10 Å². The molecule has 0 saturated carbocycles. The number of hydrogen-bond acceptors (Lipinski definition) is 5. The first-order chi connectivity index (χ1) is 10.8. The monoisotopic (exact) mass is 356 g/mol. The molecule has 0 saturated heterocycles. The molecule has 1 N–H and O–H groups in total. The average molecular weight is 357 g/mol. The van der Waals surface area contributed by atoms with Crippen LogP contribution in [0, 0.1) is 19.7 Å². The van der Waals surface area contributed by atoms with Crippen molar-refractivity contribution in [2.24, 2.45) is 0 Å². The van der Waals surface area contributed by atoms with E-state index in [0.717, 1.165) is 11.1 Å². The zero-order chi connectivity index (χ0) is 17.1. The van der Waals surface area contributed by atoms with Crippen LogP contribution in [0.15, 0.2) is 18.2 Å². The van der Waals surface area contributed by atoms with Gasteiger partial charge in [-0.2, -0.15) is 0 Å². The molecule has 2 aromatic rings. The summed E-state index contributed by atoms with van der Waals surface area (Å²) in [6, 6.07) is 3.58. The molecule has 1 atom stereocenters. The molecule has 1 unspecified atom stereocenters. The van der Waals surface area contributed by atoms with Crippen molar-refractivity contribution in [1.82, 2.24) is 4.98 Å². The second-order valence-corrected chi connectivity index (χ2v) is 6.42. The van der Waals surface area contributed by atoms with Gasteiger partial charge >= 0.3 is 5.97 Å². The van der Waals surface area contributed by atoms with Gasteiger partial charge in [0.2, 0.25) is 0 Å². The van der Waals surface area contributed by atoms with Crippen LogP contribution in [0.1, 0.15) is 27.3 Å². The Labute approximate surface area is 141 Å². The number of carbonyl (C=O) groups is 2. The molecule has 5 nitrogen and oxygen atoms in total. The summed E-state index contributed by atoms with van der Waals surface area (Å²) in [4.78, 5) is 28.6. The first-order valence-corrected chi connectivity index (χ1v) is 7.88. The van der Waals surface area contributed by atoms with E-state index >= 15 is 0 Å². The van der Waals surface area contributed by atoms with Crippen LogP contribution in [-0.2, 0) is 9.53 Å². The number of ether oxygens (including phenoxy) is 1. The van der Waals surface area contributed by atoms with Crippen molar-refractivity contribution in [3.63, 3.8) is 0 Å². The Kier molecular flexibility index (Phi) is 5.33. The first kappa shape index (κ1) is 17.4. The van der Waals surface area contributed by atoms with E-state index in [-0.39, 0.29) is 10.7 Å². The van der Waals surface area contributed by atoms with Crippen molar-refractivity contribution >= 4 is 40.5 Å². The molecule has 1 heterocycles. The Bertz CT molecular complexity index is 763. The molecule has 0 fully saturated rings. The molecule has 0 spiro atoms. The highest BCUT2D eigenvalue weighted by atomic mass is 35.5. The zero-order valence-corrected chi connectivity index (χ0v) is 14.2. The third kappa shape index (κ3) is 4.27. The Hall–Kier alpha value is -1.99. The molecular formula is C15H14ClFN2O3S. The lowest BCUT2D eigenvalue weighted by Crippen LogP contribution is -2.30. The van der Waals surface area contributed by atoms with Crippen molar-refractivity contribution in [3.8, 4) is 0 Å². The summed E-state index contributed by atoms with van der Waals surface area (Å²) in [5.74, 6) is -1.68. The van der Waals surface area contributed by atoms with Gasteiger partial charge in [-0.25, -0.2) is 14.2 Å². The SMILES string of the molecule is Cc1nc(C)c(C(=O)OC(C)C(=O)Nc2ccc(F)cc2Cl)s1. The van der Waals surface area contributed by atoms with Crippen molar-refractivity contribution in [2.45, 2.75) is 26.9 Å². The number of anilines is 1. The standard InChI is InChI=1S/C15H14ClFN2O3S/c1-7-13(23-9(3)18-7)15(21)22-8(2)14(20)19-12-5-4-10(17)6-11(12)16/h4-6,8H,1-3H3,(H,19,20). The summed E-state index contributed by atoms with van der Waals surface area (Å²) in [5, 5.41) is 3.29. The first-order valence-electron chi connectivity index (χ1n) is 6.69. The molecule has 0 aliphatic heterocycles. The summed E-state index contributed by atoms with van der Waals surface area (Å²) in [6.45, 7) is 4.91. The molecule has 0 bridgehead atoms. The maximum Gasteiger partial charge on any atom is 0.351 e. The number of esters is 1. The van der Waals surface area contributed by atoms with Gasteiger partial charge in [-0.15, -0.1) is 11.3 Å². The number of hydrogen-bond donors (Lipinski definition) is 1. The van der Waals surface area contributed by atoms with E-state index in [2.05, 4.69) is 10.3 Å². The Morgan fingerprint density at radius 1 is 1.39 bits per heavy atom. The van der Waals surface area contributed by atoms with E-state index in [4.69, 9.17) is 16.3 Å². The molecule has 1 aromatic carbocycles. The number of benzene rings is 1. The number of aromatic nitrogens is 1. The van der Waals surface area contributed by atoms with E-state index in [1.54, 1.807) is 13.8 Å². The van der Waals surface area contributed by atoms with E-state index < -0.39 is 23.8 Å². The summed E-state index contributed by atoms with van der Waals surface area (Å²) in [7, 11) is 0. The van der Waals surface area contributed by atoms with Crippen molar-refractivity contribution < 1.29 is 18.7 Å². The van der Waals surface area contributed by atoms with Crippen molar-refractivity contribution in [1.29, 1.82) is 0 Å². The molecule has 0 aliphatic rings. The second kappa shape index (κ2) is 7.06. The molecule has 2 rings (SSSR count). The van der Waals surface area contributed by atoms with Crippen molar-refractivity contribution in [3.05, 3.63) is 44.6 Å². The molecule has 0 aliphatic carbocycles. The van der Waals surface area contributed by atoms with Crippen LogP contribution >= 0.6 is 22.9 Å². The molecule has 0 radical (unpaired) electrons. The van der Waals surface area contributed by atoms with Gasteiger partial charge in [0, 0.05) is 0 Å². The minimum atomic E-state index is -1.04. The summed E-state index contributed by atoms with van der Waals surface area (Å²) in [5.41, 5.74) is 0.803. The molecule has 1 amide bonds. The van der Waals surface area contributed by atoms with Gasteiger partial charge in [-0.1, -0.05) is 11.6 Å². The number of halogens is 2. The van der Waals surface area contributed by atoms with Gasteiger partial charge in [0.1, 0.15) is 10.7 Å². The van der Waals surface area contributed by atoms with Gasteiger partial charge < -0.3 is 10.1 Å². The molecule has 8 heteroatoms. The quantitative estimate of drug-likeness (QED) is 0.847. The third-order valence-corrected chi connectivity index (χ3v) is 4.30. The topological polar surface area (TPSA) is 68.3 Å². The highest BCUT2D eigenvalue weighted by Gasteiger charge is 2.22. The van der Waals surface area contributed by atoms with Crippen LogP contribution in [-0.4, -0.2) is 23.0 Å². The average Bonchev–Trinajstić information content (AvgIpc) is 2.80. The Balaban J connectivity index is 2.02. The van der Waals surface area contributed by atoms with E-state index in [1.807, 2.05) is 0 Å². The summed E-state index contributed by atoms with van der Waals surface area (Å²) < 4.78 is 18.1. The van der Waals surface area contributed by atoms with Crippen LogP contribution in [0.25, 0.3) is 0 Å². The van der Waals surface area contributed by atoms with E-state index in [0.29, 0.717) is 10.6 Å². The maximum atomic E-state index is 13.0. The number of nitrogens with zero attached hydrogens (tertiary/aromatic N) is 1. The highest BCUT2D eigenvalue weighted by Crippen LogP contribution is 2.23. The molecule has 122 valence electrons. The second-order valence-electron chi connectivity index (χ2n) is 4.81. The van der Waals surface area contributed by atoms with Gasteiger partial charge in [0.05, 0.1) is 21.4 Å². The minimum Gasteiger partial charge on any atom is -0.448 e. The van der Waals surface area contributed by atoms with Crippen LogP contribution in [0.5, 0.6) is 0 Å². The maximum absolute atomic E-state index is 13.0. The highest BCUT2D eigenvalue weighted by molar-refractivity contribution is 7.13. The largest absolute Gasteiger partial charge is 0.448 e. The van der Waals surface area contributed by atoms with Crippen LogP contribution in [0.3, 0.4) is 0 Å². The Morgan fingerprint density at radius 2 is 2.09 bits per heavy atom. The van der Waals surface area contributed by atoms with E-state index in [1.165, 1.54) is 30.4 Å². The predicted octanol–water partition coefficient (Wildman–Crippen LogP) is 3.74. The lowest BCUT2D eigenvalue weighted by Gasteiger charge is -2.14. The fourth-order valence-electron chi connectivity index (χ4n) is 1.81. The lowest BCUT2D eigenvalue weighted by atomic mass is 10.3. The van der Waals surface area contributed by atoms with Crippen molar-refractivity contribution in [2.75, 3.05) is 5.32 Å². The Morgan fingerprint density at radius 3 is 2.65 bits per heavy atom. The van der Waals surface area contributed by atoms with Gasteiger partial charge in [-0.3, -0.25) is 4.79 Å². The lowest BCUT2D eigenvalue weighted by molar-refractivity contribution is -0.123. The molecular weight excluding hydrogens is 343 g/mol. The van der Waals surface area contributed by atoms with Crippen LogP contribution in [0.4, 0.5) is 10.1 Å².